The first-order valence-electron chi connectivity index (χ1n) is 6.26. The first-order chi connectivity index (χ1) is 7.27. The summed E-state index contributed by atoms with van der Waals surface area (Å²) in [4.78, 5) is 11.7. The van der Waals surface area contributed by atoms with Crippen LogP contribution in [0.4, 0.5) is 0 Å². The highest BCUT2D eigenvalue weighted by Gasteiger charge is 2.16. The van der Waals surface area contributed by atoms with Gasteiger partial charge < -0.3 is 10.6 Å². The molecule has 1 amide bonds. The maximum absolute atomic E-state index is 11.7. The van der Waals surface area contributed by atoms with Crippen LogP contribution in [-0.4, -0.2) is 25.5 Å². The van der Waals surface area contributed by atoms with Gasteiger partial charge in [-0.05, 0) is 44.7 Å². The van der Waals surface area contributed by atoms with E-state index >= 15 is 0 Å². The van der Waals surface area contributed by atoms with E-state index in [-0.39, 0.29) is 11.8 Å². The molecule has 0 spiro atoms. The van der Waals surface area contributed by atoms with Gasteiger partial charge in [0.15, 0.2) is 0 Å². The number of hydrogen-bond donors (Lipinski definition) is 2. The van der Waals surface area contributed by atoms with Crippen molar-refractivity contribution in [3.8, 4) is 0 Å². The molecule has 1 atom stereocenters. The Kier molecular flexibility index (Phi) is 5.69. The molecule has 0 radical (unpaired) electrons. The van der Waals surface area contributed by atoms with Gasteiger partial charge >= 0.3 is 0 Å². The van der Waals surface area contributed by atoms with Crippen molar-refractivity contribution in [3.63, 3.8) is 0 Å². The zero-order valence-electron chi connectivity index (χ0n) is 10.0. The third kappa shape index (κ3) is 4.20. The van der Waals surface area contributed by atoms with Crippen molar-refractivity contribution >= 4 is 5.91 Å². The molecule has 1 rings (SSSR count). The number of nitrogens with one attached hydrogen (secondary N) is 2. The van der Waals surface area contributed by atoms with Crippen molar-refractivity contribution in [1.82, 2.24) is 10.6 Å². The predicted molar refractivity (Wildman–Crippen MR) is 62.7 cm³/mol. The minimum absolute atomic E-state index is 0.215. The Morgan fingerprint density at radius 2 is 2.20 bits per heavy atom. The summed E-state index contributed by atoms with van der Waals surface area (Å²) in [6.45, 7) is 7.27. The van der Waals surface area contributed by atoms with Gasteiger partial charge in [0.25, 0.3) is 0 Å². The molecule has 0 saturated carbocycles. The van der Waals surface area contributed by atoms with Gasteiger partial charge in [-0.1, -0.05) is 13.8 Å². The average Bonchev–Trinajstić information content (AvgIpc) is 2.72. The monoisotopic (exact) mass is 212 g/mol. The van der Waals surface area contributed by atoms with Gasteiger partial charge in [-0.2, -0.15) is 0 Å². The van der Waals surface area contributed by atoms with Crippen LogP contribution >= 0.6 is 0 Å². The van der Waals surface area contributed by atoms with Crippen molar-refractivity contribution in [1.29, 1.82) is 0 Å². The van der Waals surface area contributed by atoms with Crippen LogP contribution in [0.25, 0.3) is 0 Å². The maximum atomic E-state index is 11.7. The molecule has 0 bridgehead atoms. The first kappa shape index (κ1) is 12.5. The first-order valence-corrected chi connectivity index (χ1v) is 6.26. The molecule has 1 unspecified atom stereocenters. The fourth-order valence-corrected chi connectivity index (χ4v) is 2.16. The smallest absolute Gasteiger partial charge is 0.223 e. The van der Waals surface area contributed by atoms with E-state index in [1.54, 1.807) is 0 Å². The van der Waals surface area contributed by atoms with Gasteiger partial charge in [-0.25, -0.2) is 0 Å². The van der Waals surface area contributed by atoms with Crippen LogP contribution in [0, 0.1) is 11.8 Å². The molecular weight excluding hydrogens is 188 g/mol. The van der Waals surface area contributed by atoms with Gasteiger partial charge in [0.2, 0.25) is 5.91 Å². The summed E-state index contributed by atoms with van der Waals surface area (Å²) in [7, 11) is 0. The summed E-state index contributed by atoms with van der Waals surface area (Å²) >= 11 is 0. The van der Waals surface area contributed by atoms with Crippen LogP contribution < -0.4 is 10.6 Å². The van der Waals surface area contributed by atoms with Crippen LogP contribution in [0.1, 0.15) is 39.5 Å². The topological polar surface area (TPSA) is 41.1 Å². The summed E-state index contributed by atoms with van der Waals surface area (Å²) in [5, 5.41) is 6.39. The quantitative estimate of drug-likeness (QED) is 0.701. The standard InChI is InChI=1S/C12H24N2O/c1-3-11(4-2)12(15)14-8-6-10-5-7-13-9-10/h10-11,13H,3-9H2,1-2H3,(H,14,15). The summed E-state index contributed by atoms with van der Waals surface area (Å²) in [6, 6.07) is 0. The van der Waals surface area contributed by atoms with Gasteiger partial charge in [0, 0.05) is 12.5 Å². The van der Waals surface area contributed by atoms with E-state index in [4.69, 9.17) is 0 Å². The maximum Gasteiger partial charge on any atom is 0.223 e. The lowest BCUT2D eigenvalue weighted by atomic mass is 10.0. The second-order valence-electron chi connectivity index (χ2n) is 4.45. The van der Waals surface area contributed by atoms with Crippen LogP contribution in [0.3, 0.4) is 0 Å². The summed E-state index contributed by atoms with van der Waals surface area (Å²) in [5.74, 6) is 1.23. The molecule has 0 aliphatic carbocycles. The predicted octanol–water partition coefficient (Wildman–Crippen LogP) is 1.54. The van der Waals surface area contributed by atoms with Crippen molar-refractivity contribution in [2.24, 2.45) is 11.8 Å². The molecule has 1 fully saturated rings. The zero-order chi connectivity index (χ0) is 11.1. The third-order valence-corrected chi connectivity index (χ3v) is 3.37. The normalized spacial score (nSPS) is 20.9. The Morgan fingerprint density at radius 3 is 2.73 bits per heavy atom. The highest BCUT2D eigenvalue weighted by molar-refractivity contribution is 5.78. The van der Waals surface area contributed by atoms with Crippen molar-refractivity contribution in [2.75, 3.05) is 19.6 Å². The lowest BCUT2D eigenvalue weighted by molar-refractivity contribution is -0.125. The Hall–Kier alpha value is -0.570. The number of hydrogen-bond acceptors (Lipinski definition) is 2. The number of carbonyl (C=O) groups is 1. The molecule has 3 heteroatoms. The minimum Gasteiger partial charge on any atom is -0.356 e. The molecule has 3 nitrogen and oxygen atoms in total. The highest BCUT2D eigenvalue weighted by atomic mass is 16.1. The fraction of sp³-hybridized carbons (Fsp3) is 0.917. The second kappa shape index (κ2) is 6.83. The highest BCUT2D eigenvalue weighted by Crippen LogP contribution is 2.11. The zero-order valence-corrected chi connectivity index (χ0v) is 10.0. The molecule has 1 heterocycles. The van der Waals surface area contributed by atoms with Gasteiger partial charge in [-0.3, -0.25) is 4.79 Å². The van der Waals surface area contributed by atoms with Crippen molar-refractivity contribution < 1.29 is 4.79 Å². The molecule has 15 heavy (non-hydrogen) atoms. The molecule has 0 aromatic heterocycles. The molecule has 1 aliphatic rings. The Bertz CT molecular complexity index is 184. The van der Waals surface area contributed by atoms with Crippen molar-refractivity contribution in [2.45, 2.75) is 39.5 Å². The van der Waals surface area contributed by atoms with Crippen LogP contribution in [-0.2, 0) is 4.79 Å². The Balaban J connectivity index is 2.10. The SMILES string of the molecule is CCC(CC)C(=O)NCCC1CCNC1. The molecule has 2 N–H and O–H groups in total. The van der Waals surface area contributed by atoms with E-state index in [1.807, 2.05) is 0 Å². The third-order valence-electron chi connectivity index (χ3n) is 3.37. The van der Waals surface area contributed by atoms with E-state index in [0.717, 1.165) is 44.8 Å². The van der Waals surface area contributed by atoms with E-state index < -0.39 is 0 Å². The summed E-state index contributed by atoms with van der Waals surface area (Å²) < 4.78 is 0. The molecule has 0 aromatic carbocycles. The largest absolute Gasteiger partial charge is 0.356 e. The fourth-order valence-electron chi connectivity index (χ4n) is 2.16. The molecule has 88 valence electrons. The Morgan fingerprint density at radius 1 is 1.47 bits per heavy atom. The van der Waals surface area contributed by atoms with E-state index in [2.05, 4.69) is 24.5 Å². The Labute approximate surface area is 93.0 Å². The van der Waals surface area contributed by atoms with E-state index in [0.29, 0.717) is 0 Å². The van der Waals surface area contributed by atoms with Gasteiger partial charge in [0.05, 0.1) is 0 Å². The van der Waals surface area contributed by atoms with Crippen LogP contribution in [0.15, 0.2) is 0 Å². The van der Waals surface area contributed by atoms with Crippen molar-refractivity contribution in [3.05, 3.63) is 0 Å². The van der Waals surface area contributed by atoms with Gasteiger partial charge in [-0.15, -0.1) is 0 Å². The van der Waals surface area contributed by atoms with E-state index in [1.165, 1.54) is 6.42 Å². The lowest BCUT2D eigenvalue weighted by Gasteiger charge is -2.14. The number of rotatable bonds is 6. The lowest BCUT2D eigenvalue weighted by Crippen LogP contribution is -2.31. The molecule has 1 aliphatic heterocycles. The molecule has 0 aromatic rings. The average molecular weight is 212 g/mol. The summed E-state index contributed by atoms with van der Waals surface area (Å²) in [6.07, 6.45) is 4.29. The summed E-state index contributed by atoms with van der Waals surface area (Å²) in [5.41, 5.74) is 0. The van der Waals surface area contributed by atoms with Gasteiger partial charge in [0.1, 0.15) is 0 Å². The number of amides is 1. The minimum atomic E-state index is 0.215. The van der Waals surface area contributed by atoms with E-state index in [9.17, 15) is 4.79 Å². The number of carbonyl (C=O) groups excluding carboxylic acids is 1. The van der Waals surface area contributed by atoms with Crippen LogP contribution in [0.2, 0.25) is 0 Å². The molecular formula is C12H24N2O. The van der Waals surface area contributed by atoms with Crippen LogP contribution in [0.5, 0.6) is 0 Å². The molecule has 1 saturated heterocycles. The second-order valence-corrected chi connectivity index (χ2v) is 4.45.